The first-order chi connectivity index (χ1) is 8.10. The lowest BCUT2D eigenvalue weighted by molar-refractivity contribution is -0.149. The molecule has 0 radical (unpaired) electrons. The molecule has 1 atom stereocenters. The van der Waals surface area contributed by atoms with E-state index in [0.717, 1.165) is 25.8 Å². The highest BCUT2D eigenvalue weighted by molar-refractivity contribution is 5.80. The van der Waals surface area contributed by atoms with Crippen molar-refractivity contribution >= 4 is 11.9 Å². The van der Waals surface area contributed by atoms with Crippen molar-refractivity contribution < 1.29 is 14.3 Å². The maximum Gasteiger partial charge on any atom is 0.323 e. The Morgan fingerprint density at radius 3 is 2.71 bits per heavy atom. The summed E-state index contributed by atoms with van der Waals surface area (Å²) in [7, 11) is 3.18. The summed E-state index contributed by atoms with van der Waals surface area (Å²) in [6.45, 7) is 3.73. The lowest BCUT2D eigenvalue weighted by Gasteiger charge is -2.33. The van der Waals surface area contributed by atoms with Crippen LogP contribution in [0.1, 0.15) is 26.2 Å². The molecular weight excluding hydrogens is 220 g/mol. The number of ether oxygens (including phenoxy) is 1. The lowest BCUT2D eigenvalue weighted by atomic mass is 10.0. The summed E-state index contributed by atoms with van der Waals surface area (Å²) in [5.74, 6) is -0.167. The number of piperidine rings is 1. The standard InChI is InChI=1S/C12H22N2O3/c1-4-13(2)11(15)9-14-8-6-5-7-10(14)12(16)17-3/h10H,4-9H2,1-3H3. The van der Waals surface area contributed by atoms with E-state index in [2.05, 4.69) is 0 Å². The van der Waals surface area contributed by atoms with Crippen molar-refractivity contribution in [2.75, 3.05) is 33.8 Å². The summed E-state index contributed by atoms with van der Waals surface area (Å²) >= 11 is 0. The van der Waals surface area contributed by atoms with Gasteiger partial charge < -0.3 is 9.64 Å². The van der Waals surface area contributed by atoms with Gasteiger partial charge in [0.05, 0.1) is 13.7 Å². The summed E-state index contributed by atoms with van der Waals surface area (Å²) in [5, 5.41) is 0. The van der Waals surface area contributed by atoms with Crippen molar-refractivity contribution in [2.24, 2.45) is 0 Å². The number of likely N-dealkylation sites (N-methyl/N-ethyl adjacent to an activating group) is 1. The second kappa shape index (κ2) is 6.59. The number of carbonyl (C=O) groups is 2. The van der Waals surface area contributed by atoms with Gasteiger partial charge in [-0.15, -0.1) is 0 Å². The van der Waals surface area contributed by atoms with Gasteiger partial charge in [0.25, 0.3) is 0 Å². The average molecular weight is 242 g/mol. The Morgan fingerprint density at radius 2 is 2.12 bits per heavy atom. The van der Waals surface area contributed by atoms with Crippen LogP contribution in [0.3, 0.4) is 0 Å². The van der Waals surface area contributed by atoms with E-state index in [9.17, 15) is 9.59 Å². The minimum atomic E-state index is -0.247. The number of hydrogen-bond acceptors (Lipinski definition) is 4. The summed E-state index contributed by atoms with van der Waals surface area (Å²) in [4.78, 5) is 27.0. The minimum absolute atomic E-state index is 0.0586. The van der Waals surface area contributed by atoms with E-state index < -0.39 is 0 Å². The molecule has 1 rings (SSSR count). The average Bonchev–Trinajstić information content (AvgIpc) is 2.37. The van der Waals surface area contributed by atoms with Crippen LogP contribution < -0.4 is 0 Å². The molecule has 0 aromatic carbocycles. The number of methoxy groups -OCH3 is 1. The summed E-state index contributed by atoms with van der Waals surface area (Å²) in [6, 6.07) is -0.247. The highest BCUT2D eigenvalue weighted by Gasteiger charge is 2.30. The topological polar surface area (TPSA) is 49.9 Å². The van der Waals surface area contributed by atoms with Gasteiger partial charge in [-0.05, 0) is 26.3 Å². The van der Waals surface area contributed by atoms with Crippen molar-refractivity contribution in [3.8, 4) is 0 Å². The first kappa shape index (κ1) is 14.0. The van der Waals surface area contributed by atoms with E-state index in [-0.39, 0.29) is 17.9 Å². The molecule has 1 unspecified atom stereocenters. The Balaban J connectivity index is 2.59. The zero-order valence-corrected chi connectivity index (χ0v) is 10.9. The third-order valence-electron chi connectivity index (χ3n) is 3.33. The molecule has 0 bridgehead atoms. The van der Waals surface area contributed by atoms with Crippen LogP contribution in [0.25, 0.3) is 0 Å². The van der Waals surface area contributed by atoms with Crippen LogP contribution in [-0.4, -0.2) is 61.5 Å². The SMILES string of the molecule is CCN(C)C(=O)CN1CCCCC1C(=O)OC. The van der Waals surface area contributed by atoms with Gasteiger partial charge >= 0.3 is 5.97 Å². The number of carbonyl (C=O) groups excluding carboxylic acids is 2. The molecule has 0 spiro atoms. The van der Waals surface area contributed by atoms with Crippen LogP contribution in [0.2, 0.25) is 0 Å². The van der Waals surface area contributed by atoms with Gasteiger partial charge in [-0.3, -0.25) is 14.5 Å². The first-order valence-corrected chi connectivity index (χ1v) is 6.16. The number of likely N-dealkylation sites (tertiary alicyclic amines) is 1. The fourth-order valence-corrected chi connectivity index (χ4v) is 2.05. The van der Waals surface area contributed by atoms with E-state index in [0.29, 0.717) is 13.1 Å². The van der Waals surface area contributed by atoms with Gasteiger partial charge in [-0.1, -0.05) is 6.42 Å². The number of esters is 1. The molecule has 98 valence electrons. The van der Waals surface area contributed by atoms with E-state index in [1.54, 1.807) is 11.9 Å². The Hall–Kier alpha value is -1.10. The highest BCUT2D eigenvalue weighted by Crippen LogP contribution is 2.17. The second-order valence-electron chi connectivity index (χ2n) is 4.41. The predicted molar refractivity (Wildman–Crippen MR) is 64.5 cm³/mol. The van der Waals surface area contributed by atoms with Gasteiger partial charge in [-0.25, -0.2) is 0 Å². The molecule has 1 aliphatic heterocycles. The molecule has 1 saturated heterocycles. The molecule has 0 N–H and O–H groups in total. The Labute approximate surface area is 103 Å². The Morgan fingerprint density at radius 1 is 1.41 bits per heavy atom. The summed E-state index contributed by atoms with van der Waals surface area (Å²) in [5.41, 5.74) is 0. The van der Waals surface area contributed by atoms with Gasteiger partial charge in [0.1, 0.15) is 6.04 Å². The van der Waals surface area contributed by atoms with Gasteiger partial charge in [0, 0.05) is 13.6 Å². The molecule has 17 heavy (non-hydrogen) atoms. The van der Waals surface area contributed by atoms with Gasteiger partial charge in [0.15, 0.2) is 0 Å². The van der Waals surface area contributed by atoms with Crippen LogP contribution in [0, 0.1) is 0 Å². The van der Waals surface area contributed by atoms with Crippen molar-refractivity contribution in [1.29, 1.82) is 0 Å². The van der Waals surface area contributed by atoms with E-state index in [4.69, 9.17) is 4.74 Å². The highest BCUT2D eigenvalue weighted by atomic mass is 16.5. The summed E-state index contributed by atoms with van der Waals surface area (Å²) in [6.07, 6.45) is 2.85. The molecule has 1 amide bonds. The normalized spacial score (nSPS) is 21.0. The van der Waals surface area contributed by atoms with Crippen molar-refractivity contribution in [3.63, 3.8) is 0 Å². The smallest absolute Gasteiger partial charge is 0.323 e. The number of hydrogen-bond donors (Lipinski definition) is 0. The van der Waals surface area contributed by atoms with Crippen molar-refractivity contribution in [1.82, 2.24) is 9.80 Å². The maximum atomic E-state index is 11.8. The van der Waals surface area contributed by atoms with Crippen molar-refractivity contribution in [3.05, 3.63) is 0 Å². The monoisotopic (exact) mass is 242 g/mol. The molecule has 5 heteroatoms. The van der Waals surface area contributed by atoms with Crippen LogP contribution in [-0.2, 0) is 14.3 Å². The molecule has 0 aliphatic carbocycles. The molecule has 1 aliphatic rings. The molecular formula is C12H22N2O3. The molecule has 0 aromatic heterocycles. The number of nitrogens with zero attached hydrogens (tertiary/aromatic N) is 2. The van der Waals surface area contributed by atoms with E-state index in [1.807, 2.05) is 11.8 Å². The van der Waals surface area contributed by atoms with Crippen LogP contribution >= 0.6 is 0 Å². The molecule has 0 saturated carbocycles. The fraction of sp³-hybridized carbons (Fsp3) is 0.833. The minimum Gasteiger partial charge on any atom is -0.468 e. The zero-order chi connectivity index (χ0) is 12.8. The molecule has 1 heterocycles. The third-order valence-corrected chi connectivity index (χ3v) is 3.33. The Kier molecular flexibility index (Phi) is 5.41. The third kappa shape index (κ3) is 3.70. The van der Waals surface area contributed by atoms with E-state index >= 15 is 0 Å². The Bertz CT molecular complexity index is 281. The van der Waals surface area contributed by atoms with Gasteiger partial charge in [-0.2, -0.15) is 0 Å². The van der Waals surface area contributed by atoms with Crippen LogP contribution in [0.15, 0.2) is 0 Å². The van der Waals surface area contributed by atoms with Gasteiger partial charge in [0.2, 0.25) is 5.91 Å². The van der Waals surface area contributed by atoms with E-state index in [1.165, 1.54) is 7.11 Å². The fourth-order valence-electron chi connectivity index (χ4n) is 2.05. The quantitative estimate of drug-likeness (QED) is 0.673. The largest absolute Gasteiger partial charge is 0.468 e. The molecule has 1 fully saturated rings. The molecule has 0 aromatic rings. The van der Waals surface area contributed by atoms with Crippen molar-refractivity contribution in [2.45, 2.75) is 32.2 Å². The maximum absolute atomic E-state index is 11.8. The van der Waals surface area contributed by atoms with Crippen LogP contribution in [0.5, 0.6) is 0 Å². The molecule has 5 nitrogen and oxygen atoms in total. The predicted octanol–water partition coefficient (Wildman–Crippen LogP) is 0.492. The second-order valence-corrected chi connectivity index (χ2v) is 4.41. The lowest BCUT2D eigenvalue weighted by Crippen LogP contribution is -2.49. The zero-order valence-electron chi connectivity index (χ0n) is 10.9. The van der Waals surface area contributed by atoms with Crippen LogP contribution in [0.4, 0.5) is 0 Å². The number of amides is 1. The number of rotatable bonds is 4. The summed E-state index contributed by atoms with van der Waals surface area (Å²) < 4.78 is 4.78. The first-order valence-electron chi connectivity index (χ1n) is 6.16.